The van der Waals surface area contributed by atoms with E-state index in [1.165, 1.54) is 6.20 Å². The number of carboxylic acid groups (broad SMARTS) is 1. The van der Waals surface area contributed by atoms with E-state index >= 15 is 0 Å². The van der Waals surface area contributed by atoms with Gasteiger partial charge in [-0.2, -0.15) is 0 Å². The van der Waals surface area contributed by atoms with E-state index in [1.807, 2.05) is 0 Å². The lowest BCUT2D eigenvalue weighted by Gasteiger charge is -2.03. The third kappa shape index (κ3) is 5.14. The predicted octanol–water partition coefficient (Wildman–Crippen LogP) is 1.67. The van der Waals surface area contributed by atoms with Crippen LogP contribution < -0.4 is 5.32 Å². The molecule has 0 atom stereocenters. The number of aromatic carboxylic acids is 1. The van der Waals surface area contributed by atoms with Gasteiger partial charge in [-0.1, -0.05) is 0 Å². The normalized spacial score (nSPS) is 9.82. The molecule has 0 spiro atoms. The lowest BCUT2D eigenvalue weighted by molar-refractivity contribution is 0.0696. The van der Waals surface area contributed by atoms with E-state index in [0.717, 1.165) is 31.5 Å². The van der Waals surface area contributed by atoms with Gasteiger partial charge in [0.1, 0.15) is 0 Å². The molecule has 0 unspecified atom stereocenters. The van der Waals surface area contributed by atoms with Gasteiger partial charge in [-0.15, -0.1) is 12.3 Å². The van der Waals surface area contributed by atoms with Gasteiger partial charge in [-0.3, -0.25) is 4.98 Å². The van der Waals surface area contributed by atoms with Gasteiger partial charge in [0.15, 0.2) is 0 Å². The SMILES string of the molecule is C#CCCCCNCc1ccc(C(=O)O)cn1. The first-order valence-electron chi connectivity index (χ1n) is 5.56. The van der Waals surface area contributed by atoms with E-state index in [-0.39, 0.29) is 5.56 Å². The Morgan fingerprint density at radius 3 is 2.88 bits per heavy atom. The second-order valence-corrected chi connectivity index (χ2v) is 3.68. The van der Waals surface area contributed by atoms with Crippen LogP contribution in [-0.2, 0) is 6.54 Å². The van der Waals surface area contributed by atoms with Crippen LogP contribution in [0, 0.1) is 12.3 Å². The van der Waals surface area contributed by atoms with Crippen molar-refractivity contribution in [3.8, 4) is 12.3 Å². The topological polar surface area (TPSA) is 62.2 Å². The van der Waals surface area contributed by atoms with Crippen molar-refractivity contribution < 1.29 is 9.90 Å². The maximum absolute atomic E-state index is 10.6. The van der Waals surface area contributed by atoms with Crippen molar-refractivity contribution >= 4 is 5.97 Å². The second-order valence-electron chi connectivity index (χ2n) is 3.68. The molecule has 2 N–H and O–H groups in total. The fraction of sp³-hybridized carbons (Fsp3) is 0.385. The minimum Gasteiger partial charge on any atom is -0.478 e. The molecule has 0 aromatic carbocycles. The standard InChI is InChI=1S/C13H16N2O2/c1-2-3-4-5-8-14-10-12-7-6-11(9-15-12)13(16)17/h1,6-7,9,14H,3-5,8,10H2,(H,16,17). The summed E-state index contributed by atoms with van der Waals surface area (Å²) in [6.07, 6.45) is 9.39. The molecule has 1 aromatic rings. The van der Waals surface area contributed by atoms with E-state index in [1.54, 1.807) is 12.1 Å². The molecule has 0 bridgehead atoms. The molecule has 4 heteroatoms. The molecule has 0 aliphatic heterocycles. The van der Waals surface area contributed by atoms with Crippen molar-refractivity contribution in [1.29, 1.82) is 0 Å². The number of hydrogen-bond donors (Lipinski definition) is 2. The zero-order chi connectivity index (χ0) is 12.5. The van der Waals surface area contributed by atoms with E-state index in [2.05, 4.69) is 16.2 Å². The first-order chi connectivity index (χ1) is 8.24. The van der Waals surface area contributed by atoms with Crippen LogP contribution in [0.15, 0.2) is 18.3 Å². The average molecular weight is 232 g/mol. The smallest absolute Gasteiger partial charge is 0.337 e. The molecule has 0 saturated carbocycles. The Kier molecular flexibility index (Phi) is 5.76. The van der Waals surface area contributed by atoms with Crippen molar-refractivity contribution in [1.82, 2.24) is 10.3 Å². The molecule has 1 rings (SSSR count). The Bertz CT molecular complexity index is 393. The zero-order valence-electron chi connectivity index (χ0n) is 9.65. The van der Waals surface area contributed by atoms with Gasteiger partial charge >= 0.3 is 5.97 Å². The molecule has 0 aliphatic rings. The van der Waals surface area contributed by atoms with Crippen molar-refractivity contribution in [3.05, 3.63) is 29.6 Å². The number of nitrogens with zero attached hydrogens (tertiary/aromatic N) is 1. The van der Waals surface area contributed by atoms with Gasteiger partial charge in [0, 0.05) is 19.2 Å². The molecule has 0 aliphatic carbocycles. The molecule has 1 aromatic heterocycles. The highest BCUT2D eigenvalue weighted by molar-refractivity contribution is 5.87. The molecule has 0 radical (unpaired) electrons. The maximum atomic E-state index is 10.6. The summed E-state index contributed by atoms with van der Waals surface area (Å²) in [5.74, 6) is 1.64. The fourth-order valence-corrected chi connectivity index (χ4v) is 1.35. The van der Waals surface area contributed by atoms with Crippen LogP contribution in [0.25, 0.3) is 0 Å². The number of terminal acetylenes is 1. The van der Waals surface area contributed by atoms with Gasteiger partial charge in [-0.25, -0.2) is 4.79 Å². The molecule has 1 heterocycles. The molecular formula is C13H16N2O2. The summed E-state index contributed by atoms with van der Waals surface area (Å²) in [4.78, 5) is 14.7. The van der Waals surface area contributed by atoms with Crippen LogP contribution >= 0.6 is 0 Å². The largest absolute Gasteiger partial charge is 0.478 e. The minimum atomic E-state index is -0.953. The quantitative estimate of drug-likeness (QED) is 0.554. The van der Waals surface area contributed by atoms with Crippen LogP contribution in [0.2, 0.25) is 0 Å². The zero-order valence-corrected chi connectivity index (χ0v) is 9.65. The Morgan fingerprint density at radius 1 is 1.47 bits per heavy atom. The van der Waals surface area contributed by atoms with Crippen LogP contribution in [0.1, 0.15) is 35.3 Å². The summed E-state index contributed by atoms with van der Waals surface area (Å²) in [6.45, 7) is 1.54. The molecule has 0 amide bonds. The summed E-state index contributed by atoms with van der Waals surface area (Å²) in [6, 6.07) is 3.28. The van der Waals surface area contributed by atoms with E-state index in [0.29, 0.717) is 6.54 Å². The average Bonchev–Trinajstić information content (AvgIpc) is 2.34. The molecule has 17 heavy (non-hydrogen) atoms. The van der Waals surface area contributed by atoms with Gasteiger partial charge in [0.2, 0.25) is 0 Å². The third-order valence-electron chi connectivity index (χ3n) is 2.30. The fourth-order valence-electron chi connectivity index (χ4n) is 1.35. The maximum Gasteiger partial charge on any atom is 0.337 e. The molecule has 0 fully saturated rings. The minimum absolute atomic E-state index is 0.211. The first kappa shape index (κ1) is 13.2. The lowest BCUT2D eigenvalue weighted by atomic mass is 10.2. The van der Waals surface area contributed by atoms with E-state index < -0.39 is 5.97 Å². The molecule has 0 saturated heterocycles. The Hall–Kier alpha value is -1.86. The Balaban J connectivity index is 2.23. The van der Waals surface area contributed by atoms with E-state index in [9.17, 15) is 4.79 Å². The summed E-state index contributed by atoms with van der Waals surface area (Å²) in [5.41, 5.74) is 1.05. The summed E-state index contributed by atoms with van der Waals surface area (Å²) in [5, 5.41) is 11.9. The number of hydrogen-bond acceptors (Lipinski definition) is 3. The Morgan fingerprint density at radius 2 is 2.29 bits per heavy atom. The number of nitrogens with one attached hydrogen (secondary N) is 1. The summed E-state index contributed by atoms with van der Waals surface area (Å²) in [7, 11) is 0. The van der Waals surface area contributed by atoms with Gasteiger partial charge in [0.25, 0.3) is 0 Å². The van der Waals surface area contributed by atoms with E-state index in [4.69, 9.17) is 11.5 Å². The highest BCUT2D eigenvalue weighted by Gasteiger charge is 2.02. The second kappa shape index (κ2) is 7.42. The summed E-state index contributed by atoms with van der Waals surface area (Å²) < 4.78 is 0. The van der Waals surface area contributed by atoms with Gasteiger partial charge < -0.3 is 10.4 Å². The van der Waals surface area contributed by atoms with Gasteiger partial charge in [-0.05, 0) is 31.5 Å². The van der Waals surface area contributed by atoms with Crippen molar-refractivity contribution in [2.75, 3.05) is 6.54 Å². The van der Waals surface area contributed by atoms with Crippen LogP contribution in [0.5, 0.6) is 0 Å². The van der Waals surface area contributed by atoms with Crippen molar-refractivity contribution in [2.24, 2.45) is 0 Å². The number of aromatic nitrogens is 1. The Labute approximate surface area is 101 Å². The van der Waals surface area contributed by atoms with Crippen LogP contribution in [-0.4, -0.2) is 22.6 Å². The molecular weight excluding hydrogens is 216 g/mol. The predicted molar refractivity (Wildman–Crippen MR) is 65.6 cm³/mol. The monoisotopic (exact) mass is 232 g/mol. The number of rotatable bonds is 7. The van der Waals surface area contributed by atoms with Crippen LogP contribution in [0.3, 0.4) is 0 Å². The highest BCUT2D eigenvalue weighted by Crippen LogP contribution is 2.00. The highest BCUT2D eigenvalue weighted by atomic mass is 16.4. The summed E-state index contributed by atoms with van der Waals surface area (Å²) >= 11 is 0. The molecule has 90 valence electrons. The van der Waals surface area contributed by atoms with Crippen LogP contribution in [0.4, 0.5) is 0 Å². The number of pyridine rings is 1. The lowest BCUT2D eigenvalue weighted by Crippen LogP contribution is -2.15. The van der Waals surface area contributed by atoms with Crippen molar-refractivity contribution in [2.45, 2.75) is 25.8 Å². The number of carbonyl (C=O) groups is 1. The molecule has 4 nitrogen and oxygen atoms in total. The number of carboxylic acids is 1. The van der Waals surface area contributed by atoms with Gasteiger partial charge in [0.05, 0.1) is 11.3 Å². The van der Waals surface area contributed by atoms with Crippen molar-refractivity contribution in [3.63, 3.8) is 0 Å². The third-order valence-corrected chi connectivity index (χ3v) is 2.30. The number of unbranched alkanes of at least 4 members (excludes halogenated alkanes) is 2. The first-order valence-corrected chi connectivity index (χ1v) is 5.56.